The minimum absolute atomic E-state index is 0.317. The summed E-state index contributed by atoms with van der Waals surface area (Å²) in [6.07, 6.45) is 6.92. The molecular formula is C24H18N8O. The molecule has 0 amide bonds. The first-order chi connectivity index (χ1) is 16.1. The van der Waals surface area contributed by atoms with Gasteiger partial charge >= 0.3 is 0 Å². The molecule has 160 valence electrons. The maximum absolute atomic E-state index is 13.3. The molecule has 0 aliphatic carbocycles. The quantitative estimate of drug-likeness (QED) is 0.365. The summed E-state index contributed by atoms with van der Waals surface area (Å²) in [5.41, 5.74) is 11.8. The Morgan fingerprint density at radius 1 is 1.03 bits per heavy atom. The molecule has 0 spiro atoms. The van der Waals surface area contributed by atoms with Crippen molar-refractivity contribution < 1.29 is 0 Å². The van der Waals surface area contributed by atoms with Gasteiger partial charge in [-0.15, -0.1) is 0 Å². The number of H-pyrrole nitrogens is 2. The Hall–Kier alpha value is -4.79. The van der Waals surface area contributed by atoms with Crippen LogP contribution in [-0.2, 0) is 7.05 Å². The maximum Gasteiger partial charge on any atom is 0.261 e. The number of nitrogen functional groups attached to an aromatic ring is 1. The number of aromatic amines is 2. The van der Waals surface area contributed by atoms with Crippen LogP contribution in [0.1, 0.15) is 0 Å². The predicted molar refractivity (Wildman–Crippen MR) is 127 cm³/mol. The smallest absolute Gasteiger partial charge is 0.261 e. The molecule has 0 fully saturated rings. The van der Waals surface area contributed by atoms with Crippen LogP contribution in [0, 0.1) is 0 Å². The Morgan fingerprint density at radius 2 is 1.88 bits per heavy atom. The number of aryl methyl sites for hydroxylation is 1. The molecule has 4 aromatic heterocycles. The van der Waals surface area contributed by atoms with Gasteiger partial charge < -0.3 is 10.7 Å². The summed E-state index contributed by atoms with van der Waals surface area (Å²) < 4.78 is 1.71. The van der Waals surface area contributed by atoms with Crippen molar-refractivity contribution >= 4 is 27.5 Å². The summed E-state index contributed by atoms with van der Waals surface area (Å²) >= 11 is 0. The van der Waals surface area contributed by atoms with Crippen LogP contribution in [0.4, 0.5) is 5.69 Å². The molecule has 4 N–H and O–H groups in total. The highest BCUT2D eigenvalue weighted by Crippen LogP contribution is 2.39. The number of pyridine rings is 1. The number of nitrogens with two attached hydrogens (primary N) is 1. The third-order valence-electron chi connectivity index (χ3n) is 5.74. The average Bonchev–Trinajstić information content (AvgIpc) is 3.48. The SMILES string of the molecule is Cn1ccc(-c2cc(-c3cccc4[nH]ncc34)c(N)c3c(=O)[nH]c(-c4ccncc4)nc23)n1. The summed E-state index contributed by atoms with van der Waals surface area (Å²) in [7, 11) is 1.85. The summed E-state index contributed by atoms with van der Waals surface area (Å²) in [6.45, 7) is 0. The number of anilines is 1. The van der Waals surface area contributed by atoms with Gasteiger partial charge in [0, 0.05) is 47.7 Å². The number of rotatable bonds is 3. The number of hydrogen-bond acceptors (Lipinski definition) is 6. The fraction of sp³-hybridized carbons (Fsp3) is 0.0417. The van der Waals surface area contributed by atoms with E-state index in [1.807, 2.05) is 43.6 Å². The van der Waals surface area contributed by atoms with Crippen LogP contribution in [0.2, 0.25) is 0 Å². The lowest BCUT2D eigenvalue weighted by atomic mass is 9.94. The van der Waals surface area contributed by atoms with Crippen molar-refractivity contribution in [3.05, 3.63) is 77.6 Å². The lowest BCUT2D eigenvalue weighted by Crippen LogP contribution is -2.13. The van der Waals surface area contributed by atoms with Gasteiger partial charge in [-0.05, 0) is 35.9 Å². The molecule has 9 heteroatoms. The monoisotopic (exact) mass is 434 g/mol. The standard InChI is InChI=1S/C24H18N8O/c1-32-10-7-19(31-32)16-11-15(14-3-2-4-18-17(14)12-27-30-18)21(25)20-22(16)28-23(29-24(20)33)13-5-8-26-9-6-13/h2-12H,25H2,1H3,(H,27,30)(H,28,29,33). The van der Waals surface area contributed by atoms with Crippen molar-refractivity contribution in [2.45, 2.75) is 0 Å². The van der Waals surface area contributed by atoms with E-state index >= 15 is 0 Å². The highest BCUT2D eigenvalue weighted by Gasteiger charge is 2.20. The van der Waals surface area contributed by atoms with Gasteiger partial charge in [0.25, 0.3) is 5.56 Å². The van der Waals surface area contributed by atoms with E-state index in [4.69, 9.17) is 10.7 Å². The van der Waals surface area contributed by atoms with Gasteiger partial charge in [0.05, 0.1) is 34.0 Å². The zero-order chi connectivity index (χ0) is 22.5. The van der Waals surface area contributed by atoms with Gasteiger partial charge in [-0.25, -0.2) is 4.98 Å². The summed E-state index contributed by atoms with van der Waals surface area (Å²) in [5, 5.41) is 13.0. The Kier molecular flexibility index (Phi) is 4.09. The number of fused-ring (bicyclic) bond motifs is 2. The van der Waals surface area contributed by atoms with E-state index in [0.29, 0.717) is 28.1 Å². The van der Waals surface area contributed by atoms with E-state index in [-0.39, 0.29) is 5.56 Å². The molecule has 0 saturated carbocycles. The van der Waals surface area contributed by atoms with E-state index < -0.39 is 0 Å². The van der Waals surface area contributed by atoms with Crippen LogP contribution in [0.3, 0.4) is 0 Å². The van der Waals surface area contributed by atoms with Crippen LogP contribution < -0.4 is 11.3 Å². The lowest BCUT2D eigenvalue weighted by molar-refractivity contribution is 0.771. The Labute approximate surface area is 186 Å². The topological polar surface area (TPSA) is 131 Å². The highest BCUT2D eigenvalue weighted by molar-refractivity contribution is 6.09. The second kappa shape index (κ2) is 7.13. The summed E-state index contributed by atoms with van der Waals surface area (Å²) in [4.78, 5) is 25.1. The lowest BCUT2D eigenvalue weighted by Gasteiger charge is -2.14. The largest absolute Gasteiger partial charge is 0.398 e. The summed E-state index contributed by atoms with van der Waals surface area (Å²) in [5.74, 6) is 0.441. The molecule has 0 unspecified atom stereocenters. The Morgan fingerprint density at radius 3 is 2.67 bits per heavy atom. The molecule has 0 bridgehead atoms. The van der Waals surface area contributed by atoms with E-state index in [9.17, 15) is 4.79 Å². The minimum Gasteiger partial charge on any atom is -0.398 e. The zero-order valence-electron chi connectivity index (χ0n) is 17.6. The number of benzene rings is 2. The Balaban J connectivity index is 1.73. The molecular weight excluding hydrogens is 416 g/mol. The molecule has 0 saturated heterocycles. The first kappa shape index (κ1) is 18.9. The van der Waals surface area contributed by atoms with Gasteiger partial charge in [-0.1, -0.05) is 12.1 Å². The van der Waals surface area contributed by atoms with Crippen molar-refractivity contribution in [3.8, 4) is 33.8 Å². The molecule has 2 aromatic carbocycles. The van der Waals surface area contributed by atoms with Gasteiger partial charge in [-0.3, -0.25) is 19.6 Å². The molecule has 0 radical (unpaired) electrons. The molecule has 0 aliphatic heterocycles. The van der Waals surface area contributed by atoms with Crippen molar-refractivity contribution in [3.63, 3.8) is 0 Å². The van der Waals surface area contributed by atoms with Crippen LogP contribution in [0.25, 0.3) is 55.6 Å². The van der Waals surface area contributed by atoms with Crippen molar-refractivity contribution in [1.82, 2.24) is 34.9 Å². The molecule has 9 nitrogen and oxygen atoms in total. The number of nitrogens with one attached hydrogen (secondary N) is 2. The Bertz CT molecular complexity index is 1710. The van der Waals surface area contributed by atoms with E-state index in [0.717, 1.165) is 33.2 Å². The van der Waals surface area contributed by atoms with E-state index in [1.165, 1.54) is 0 Å². The molecule has 33 heavy (non-hydrogen) atoms. The minimum atomic E-state index is -0.317. The van der Waals surface area contributed by atoms with Crippen LogP contribution in [0.5, 0.6) is 0 Å². The third kappa shape index (κ3) is 2.98. The highest BCUT2D eigenvalue weighted by atomic mass is 16.1. The number of aromatic nitrogens is 7. The van der Waals surface area contributed by atoms with Gasteiger partial charge in [0.2, 0.25) is 0 Å². The molecule has 6 aromatic rings. The van der Waals surface area contributed by atoms with Crippen LogP contribution in [-0.4, -0.2) is 34.9 Å². The predicted octanol–water partition coefficient (Wildman–Crippen LogP) is 3.51. The fourth-order valence-electron chi connectivity index (χ4n) is 4.17. The van der Waals surface area contributed by atoms with Crippen molar-refractivity contribution in [1.29, 1.82) is 0 Å². The van der Waals surface area contributed by atoms with Crippen molar-refractivity contribution in [2.24, 2.45) is 7.05 Å². The second-order valence-electron chi connectivity index (χ2n) is 7.77. The molecule has 4 heterocycles. The number of nitrogens with zero attached hydrogens (tertiary/aromatic N) is 5. The second-order valence-corrected chi connectivity index (χ2v) is 7.77. The van der Waals surface area contributed by atoms with Gasteiger partial charge in [0.15, 0.2) is 0 Å². The van der Waals surface area contributed by atoms with E-state index in [1.54, 1.807) is 35.4 Å². The first-order valence-corrected chi connectivity index (χ1v) is 10.3. The molecule has 0 atom stereocenters. The van der Waals surface area contributed by atoms with E-state index in [2.05, 4.69) is 25.3 Å². The van der Waals surface area contributed by atoms with Crippen LogP contribution >= 0.6 is 0 Å². The normalized spacial score (nSPS) is 11.4. The fourth-order valence-corrected chi connectivity index (χ4v) is 4.17. The zero-order valence-corrected chi connectivity index (χ0v) is 17.6. The van der Waals surface area contributed by atoms with Crippen molar-refractivity contribution in [2.75, 3.05) is 5.73 Å². The van der Waals surface area contributed by atoms with Gasteiger partial charge in [0.1, 0.15) is 5.82 Å². The molecule has 0 aliphatic rings. The maximum atomic E-state index is 13.3. The average molecular weight is 434 g/mol. The third-order valence-corrected chi connectivity index (χ3v) is 5.74. The first-order valence-electron chi connectivity index (χ1n) is 10.3. The van der Waals surface area contributed by atoms with Crippen LogP contribution in [0.15, 0.2) is 72.0 Å². The van der Waals surface area contributed by atoms with Gasteiger partial charge in [-0.2, -0.15) is 10.2 Å². The molecule has 6 rings (SSSR count). The number of hydrogen-bond donors (Lipinski definition) is 3. The summed E-state index contributed by atoms with van der Waals surface area (Å²) in [6, 6.07) is 13.3.